The smallest absolute Gasteiger partial charge is 0.230 e. The second-order valence-corrected chi connectivity index (χ2v) is 6.75. The zero-order chi connectivity index (χ0) is 16.3. The molecule has 1 aromatic carbocycles. The summed E-state index contributed by atoms with van der Waals surface area (Å²) in [5.74, 6) is 0.341. The van der Waals surface area contributed by atoms with Crippen molar-refractivity contribution in [3.63, 3.8) is 0 Å². The first-order valence-corrected chi connectivity index (χ1v) is 9.21. The van der Waals surface area contributed by atoms with Gasteiger partial charge in [0.1, 0.15) is 0 Å². The molecule has 0 unspecified atom stereocenters. The van der Waals surface area contributed by atoms with Gasteiger partial charge in [0.05, 0.1) is 5.75 Å². The Balaban J connectivity index is 1.67. The molecule has 0 spiro atoms. The Morgan fingerprint density at radius 2 is 2.13 bits per heavy atom. The van der Waals surface area contributed by atoms with Crippen molar-refractivity contribution < 1.29 is 9.53 Å². The Morgan fingerprint density at radius 1 is 1.30 bits per heavy atom. The van der Waals surface area contributed by atoms with Gasteiger partial charge in [-0.1, -0.05) is 41.3 Å². The number of rotatable bonds is 10. The van der Waals surface area contributed by atoms with Crippen LogP contribution in [0.5, 0.6) is 0 Å². The van der Waals surface area contributed by atoms with Crippen LogP contribution in [0, 0.1) is 0 Å². The molecule has 0 saturated carbocycles. The minimum absolute atomic E-state index is 0.000679. The summed E-state index contributed by atoms with van der Waals surface area (Å²) in [6.45, 7) is 3.98. The lowest BCUT2D eigenvalue weighted by molar-refractivity contribution is -0.118. The van der Waals surface area contributed by atoms with Crippen molar-refractivity contribution >= 4 is 39.8 Å². The van der Waals surface area contributed by atoms with E-state index >= 15 is 0 Å². The highest BCUT2D eigenvalue weighted by Gasteiger charge is 2.08. The van der Waals surface area contributed by atoms with Gasteiger partial charge in [-0.25, -0.2) is 0 Å². The maximum absolute atomic E-state index is 11.7. The summed E-state index contributed by atoms with van der Waals surface area (Å²) < 4.78 is 5.99. The highest BCUT2D eigenvalue weighted by Crippen LogP contribution is 2.27. The van der Waals surface area contributed by atoms with Gasteiger partial charge >= 0.3 is 0 Å². The average molecular weight is 352 g/mol. The number of amides is 1. The summed E-state index contributed by atoms with van der Waals surface area (Å²) in [7, 11) is 0. The summed E-state index contributed by atoms with van der Waals surface area (Å²) in [5.41, 5.74) is 0.965. The molecule has 0 radical (unpaired) electrons. The summed E-state index contributed by atoms with van der Waals surface area (Å²) in [4.78, 5) is 11.7. The van der Waals surface area contributed by atoms with Crippen molar-refractivity contribution in [2.75, 3.05) is 30.8 Å². The normalized spacial score (nSPS) is 10.5. The molecule has 2 aromatic rings. The summed E-state index contributed by atoms with van der Waals surface area (Å²) in [6, 6.07) is 9.79. The third kappa shape index (κ3) is 6.98. The molecule has 0 aliphatic heterocycles. The van der Waals surface area contributed by atoms with Gasteiger partial charge in [-0.2, -0.15) is 0 Å². The molecule has 23 heavy (non-hydrogen) atoms. The second-order valence-electron chi connectivity index (χ2n) is 4.55. The maximum Gasteiger partial charge on any atom is 0.230 e. The maximum atomic E-state index is 11.7. The van der Waals surface area contributed by atoms with E-state index in [-0.39, 0.29) is 5.91 Å². The van der Waals surface area contributed by atoms with Crippen LogP contribution < -0.4 is 10.6 Å². The van der Waals surface area contributed by atoms with Crippen molar-refractivity contribution in [1.82, 2.24) is 15.5 Å². The molecule has 0 bridgehead atoms. The van der Waals surface area contributed by atoms with Gasteiger partial charge < -0.3 is 15.4 Å². The van der Waals surface area contributed by atoms with Crippen molar-refractivity contribution in [3.05, 3.63) is 30.3 Å². The zero-order valence-corrected chi connectivity index (χ0v) is 14.6. The molecule has 0 saturated heterocycles. The minimum Gasteiger partial charge on any atom is -0.382 e. The van der Waals surface area contributed by atoms with Crippen molar-refractivity contribution in [3.8, 4) is 0 Å². The number of aromatic nitrogens is 2. The molecular weight excluding hydrogens is 332 g/mol. The SMILES string of the molecule is CCOCCCNC(=O)CSc1nnc(Nc2ccccc2)s1. The average Bonchev–Trinajstić information content (AvgIpc) is 3.01. The lowest BCUT2D eigenvalue weighted by Crippen LogP contribution is -2.26. The number of nitrogens with one attached hydrogen (secondary N) is 2. The Hall–Kier alpha value is -1.64. The predicted octanol–water partition coefficient (Wildman–Crippen LogP) is 2.92. The van der Waals surface area contributed by atoms with Crippen LogP contribution in [-0.2, 0) is 9.53 Å². The van der Waals surface area contributed by atoms with Gasteiger partial charge in [-0.15, -0.1) is 10.2 Å². The number of thioether (sulfide) groups is 1. The van der Waals surface area contributed by atoms with Crippen LogP contribution in [-0.4, -0.2) is 41.6 Å². The fraction of sp³-hybridized carbons (Fsp3) is 0.400. The topological polar surface area (TPSA) is 76.1 Å². The Morgan fingerprint density at radius 3 is 2.91 bits per heavy atom. The van der Waals surface area contributed by atoms with Gasteiger partial charge in [-0.05, 0) is 25.5 Å². The van der Waals surface area contributed by atoms with E-state index in [1.807, 2.05) is 37.3 Å². The summed E-state index contributed by atoms with van der Waals surface area (Å²) >= 11 is 2.82. The summed E-state index contributed by atoms with van der Waals surface area (Å²) in [6.07, 6.45) is 0.828. The van der Waals surface area contributed by atoms with Crippen molar-refractivity contribution in [1.29, 1.82) is 0 Å². The quantitative estimate of drug-likeness (QED) is 0.506. The fourth-order valence-electron chi connectivity index (χ4n) is 1.69. The van der Waals surface area contributed by atoms with E-state index in [1.54, 1.807) is 0 Å². The molecule has 2 N–H and O–H groups in total. The monoisotopic (exact) mass is 352 g/mol. The molecule has 6 nitrogen and oxygen atoms in total. The van der Waals surface area contributed by atoms with Gasteiger partial charge in [0.2, 0.25) is 11.0 Å². The molecule has 0 atom stereocenters. The molecule has 1 amide bonds. The standard InChI is InChI=1S/C15H20N4O2S2/c1-2-21-10-6-9-16-13(20)11-22-15-19-18-14(23-15)17-12-7-4-3-5-8-12/h3-5,7-8H,2,6,9-11H2,1H3,(H,16,20)(H,17,18). The second kappa shape index (κ2) is 10.2. The highest BCUT2D eigenvalue weighted by molar-refractivity contribution is 8.01. The molecule has 2 rings (SSSR count). The predicted molar refractivity (Wildman–Crippen MR) is 94.5 cm³/mol. The first kappa shape index (κ1) is 17.7. The van der Waals surface area contributed by atoms with E-state index in [9.17, 15) is 4.79 Å². The van der Waals surface area contributed by atoms with Crippen LogP contribution in [0.4, 0.5) is 10.8 Å². The number of carbonyl (C=O) groups is 1. The van der Waals surface area contributed by atoms with E-state index in [0.29, 0.717) is 25.5 Å². The van der Waals surface area contributed by atoms with Gasteiger partial charge in [-0.3, -0.25) is 4.79 Å². The van der Waals surface area contributed by atoms with Crippen LogP contribution >= 0.6 is 23.1 Å². The number of ether oxygens (including phenoxy) is 1. The molecular formula is C15H20N4O2S2. The van der Waals surface area contributed by atoms with Gasteiger partial charge in [0.15, 0.2) is 4.34 Å². The number of nitrogens with zero attached hydrogens (tertiary/aromatic N) is 2. The van der Waals surface area contributed by atoms with Crippen molar-refractivity contribution in [2.24, 2.45) is 0 Å². The number of carbonyl (C=O) groups excluding carboxylic acids is 1. The van der Waals surface area contributed by atoms with Crippen molar-refractivity contribution in [2.45, 2.75) is 17.7 Å². The van der Waals surface area contributed by atoms with Crippen LogP contribution in [0.15, 0.2) is 34.7 Å². The molecule has 1 heterocycles. The number of hydrogen-bond donors (Lipinski definition) is 2. The van der Waals surface area contributed by atoms with Crippen LogP contribution in [0.3, 0.4) is 0 Å². The Bertz CT molecular complexity index is 592. The summed E-state index contributed by atoms with van der Waals surface area (Å²) in [5, 5.41) is 14.9. The van der Waals surface area contributed by atoms with E-state index in [4.69, 9.17) is 4.74 Å². The zero-order valence-electron chi connectivity index (χ0n) is 12.9. The first-order chi connectivity index (χ1) is 11.3. The van der Waals surface area contributed by atoms with Gasteiger partial charge in [0.25, 0.3) is 0 Å². The number of anilines is 2. The van der Waals surface area contributed by atoms with E-state index < -0.39 is 0 Å². The lowest BCUT2D eigenvalue weighted by atomic mass is 10.3. The first-order valence-electron chi connectivity index (χ1n) is 7.40. The van der Waals surface area contributed by atoms with Crippen LogP contribution in [0.1, 0.15) is 13.3 Å². The third-order valence-corrected chi connectivity index (χ3v) is 4.72. The molecule has 8 heteroatoms. The largest absolute Gasteiger partial charge is 0.382 e. The van der Waals surface area contributed by atoms with Gasteiger partial charge in [0, 0.05) is 25.4 Å². The van der Waals surface area contributed by atoms with E-state index in [1.165, 1.54) is 23.1 Å². The number of benzene rings is 1. The minimum atomic E-state index is -0.000679. The lowest BCUT2D eigenvalue weighted by Gasteiger charge is -2.04. The molecule has 0 fully saturated rings. The van der Waals surface area contributed by atoms with E-state index in [0.717, 1.165) is 21.6 Å². The Kier molecular flexibility index (Phi) is 7.85. The Labute approximate surface area is 144 Å². The molecule has 0 aliphatic carbocycles. The number of para-hydroxylation sites is 1. The fourth-order valence-corrected chi connectivity index (χ4v) is 3.29. The van der Waals surface area contributed by atoms with Crippen LogP contribution in [0.2, 0.25) is 0 Å². The van der Waals surface area contributed by atoms with E-state index in [2.05, 4.69) is 20.8 Å². The molecule has 1 aromatic heterocycles. The van der Waals surface area contributed by atoms with Crippen LogP contribution in [0.25, 0.3) is 0 Å². The molecule has 0 aliphatic rings. The molecule has 124 valence electrons. The third-order valence-electron chi connectivity index (χ3n) is 2.75. The highest BCUT2D eigenvalue weighted by atomic mass is 32.2. The number of hydrogen-bond acceptors (Lipinski definition) is 7.